The second-order valence-corrected chi connectivity index (χ2v) is 8.27. The van der Waals surface area contributed by atoms with Crippen molar-refractivity contribution < 1.29 is 27.5 Å². The zero-order chi connectivity index (χ0) is 21.4. The summed E-state index contributed by atoms with van der Waals surface area (Å²) in [4.78, 5) is 22.5. The number of nitrogens with one attached hydrogen (secondary N) is 1. The van der Waals surface area contributed by atoms with Crippen molar-refractivity contribution in [2.24, 2.45) is 0 Å². The highest BCUT2D eigenvalue weighted by Gasteiger charge is 2.20. The molecule has 0 spiro atoms. The van der Waals surface area contributed by atoms with E-state index < -0.39 is 21.8 Å². The summed E-state index contributed by atoms with van der Waals surface area (Å²) in [7, 11) is -2.34. The SMILES string of the molecule is CN(CCCC(=O)Nc1ccc(/C=C/C(=O)O)cc1)S(=O)(=O)c1ccc(F)cc1. The van der Waals surface area contributed by atoms with Crippen molar-refractivity contribution in [1.82, 2.24) is 4.31 Å². The summed E-state index contributed by atoms with van der Waals surface area (Å²) in [6.07, 6.45) is 2.88. The Hall–Kier alpha value is -3.04. The molecule has 0 aliphatic carbocycles. The molecule has 2 aromatic rings. The average molecular weight is 420 g/mol. The van der Waals surface area contributed by atoms with E-state index in [-0.39, 0.29) is 23.8 Å². The Morgan fingerprint density at radius 3 is 2.31 bits per heavy atom. The van der Waals surface area contributed by atoms with Gasteiger partial charge in [0.1, 0.15) is 5.82 Å². The topological polar surface area (TPSA) is 104 Å². The van der Waals surface area contributed by atoms with Crippen LogP contribution >= 0.6 is 0 Å². The van der Waals surface area contributed by atoms with Crippen LogP contribution in [0.5, 0.6) is 0 Å². The molecule has 7 nitrogen and oxygen atoms in total. The zero-order valence-corrected chi connectivity index (χ0v) is 16.5. The number of sulfonamides is 1. The fraction of sp³-hybridized carbons (Fsp3) is 0.200. The van der Waals surface area contributed by atoms with Gasteiger partial charge in [-0.3, -0.25) is 4.79 Å². The van der Waals surface area contributed by atoms with Gasteiger partial charge in [0.15, 0.2) is 0 Å². The molecular formula is C20H21FN2O5S. The summed E-state index contributed by atoms with van der Waals surface area (Å²) in [6, 6.07) is 11.2. The van der Waals surface area contributed by atoms with Gasteiger partial charge < -0.3 is 10.4 Å². The third kappa shape index (κ3) is 6.81. The lowest BCUT2D eigenvalue weighted by molar-refractivity contribution is -0.131. The lowest BCUT2D eigenvalue weighted by Gasteiger charge is -2.17. The van der Waals surface area contributed by atoms with Crippen molar-refractivity contribution in [1.29, 1.82) is 0 Å². The summed E-state index contributed by atoms with van der Waals surface area (Å²) in [6.45, 7) is 0.131. The van der Waals surface area contributed by atoms with Crippen LogP contribution in [0.2, 0.25) is 0 Å². The highest BCUT2D eigenvalue weighted by molar-refractivity contribution is 7.89. The van der Waals surface area contributed by atoms with Gasteiger partial charge >= 0.3 is 5.97 Å². The summed E-state index contributed by atoms with van der Waals surface area (Å²) >= 11 is 0. The molecule has 29 heavy (non-hydrogen) atoms. The Morgan fingerprint density at radius 1 is 1.10 bits per heavy atom. The normalized spacial score (nSPS) is 11.7. The van der Waals surface area contributed by atoms with Crippen molar-refractivity contribution in [2.75, 3.05) is 18.9 Å². The van der Waals surface area contributed by atoms with Crippen LogP contribution in [0.3, 0.4) is 0 Å². The van der Waals surface area contributed by atoms with Crippen LogP contribution in [-0.4, -0.2) is 43.3 Å². The molecule has 2 rings (SSSR count). The van der Waals surface area contributed by atoms with Crippen molar-refractivity contribution in [3.8, 4) is 0 Å². The first-order valence-electron chi connectivity index (χ1n) is 8.71. The van der Waals surface area contributed by atoms with Gasteiger partial charge in [-0.05, 0) is 54.5 Å². The molecule has 0 saturated heterocycles. The molecule has 0 saturated carbocycles. The molecule has 0 radical (unpaired) electrons. The number of anilines is 1. The van der Waals surface area contributed by atoms with Crippen LogP contribution in [-0.2, 0) is 19.6 Å². The van der Waals surface area contributed by atoms with Crippen LogP contribution in [0.4, 0.5) is 10.1 Å². The van der Waals surface area contributed by atoms with Gasteiger partial charge in [-0.25, -0.2) is 21.9 Å². The van der Waals surface area contributed by atoms with Gasteiger partial charge in [-0.1, -0.05) is 12.1 Å². The minimum absolute atomic E-state index is 0.0112. The second-order valence-electron chi connectivity index (χ2n) is 6.23. The number of amides is 1. The monoisotopic (exact) mass is 420 g/mol. The minimum Gasteiger partial charge on any atom is -0.478 e. The predicted molar refractivity (Wildman–Crippen MR) is 107 cm³/mol. The Balaban J connectivity index is 1.83. The van der Waals surface area contributed by atoms with Crippen LogP contribution in [0.25, 0.3) is 6.08 Å². The molecule has 0 fully saturated rings. The Kier molecular flexibility index (Phi) is 7.63. The van der Waals surface area contributed by atoms with E-state index in [2.05, 4.69) is 5.32 Å². The maximum atomic E-state index is 13.0. The number of nitrogens with zero attached hydrogens (tertiary/aromatic N) is 1. The molecule has 2 aromatic carbocycles. The Bertz CT molecular complexity index is 987. The third-order valence-electron chi connectivity index (χ3n) is 4.01. The number of benzene rings is 2. The van der Waals surface area contributed by atoms with Crippen molar-refractivity contribution in [2.45, 2.75) is 17.7 Å². The van der Waals surface area contributed by atoms with Gasteiger partial charge in [0.05, 0.1) is 4.90 Å². The van der Waals surface area contributed by atoms with Gasteiger partial charge in [0, 0.05) is 31.8 Å². The highest BCUT2D eigenvalue weighted by Crippen LogP contribution is 2.16. The van der Waals surface area contributed by atoms with Gasteiger partial charge in [-0.15, -0.1) is 0 Å². The molecule has 0 atom stereocenters. The van der Waals surface area contributed by atoms with E-state index >= 15 is 0 Å². The Morgan fingerprint density at radius 2 is 1.72 bits per heavy atom. The van der Waals surface area contributed by atoms with E-state index in [9.17, 15) is 22.4 Å². The Labute approximate surface area is 168 Å². The lowest BCUT2D eigenvalue weighted by atomic mass is 10.2. The summed E-state index contributed by atoms with van der Waals surface area (Å²) < 4.78 is 38.9. The van der Waals surface area contributed by atoms with Crippen molar-refractivity contribution in [3.63, 3.8) is 0 Å². The van der Waals surface area contributed by atoms with E-state index in [4.69, 9.17) is 5.11 Å². The number of carbonyl (C=O) groups is 2. The maximum Gasteiger partial charge on any atom is 0.328 e. The first-order chi connectivity index (χ1) is 13.7. The molecule has 154 valence electrons. The molecule has 0 aromatic heterocycles. The molecular weight excluding hydrogens is 399 g/mol. The fourth-order valence-electron chi connectivity index (χ4n) is 2.44. The summed E-state index contributed by atoms with van der Waals surface area (Å²) in [5.41, 5.74) is 1.23. The van der Waals surface area contributed by atoms with Gasteiger partial charge in [0.25, 0.3) is 0 Å². The first-order valence-corrected chi connectivity index (χ1v) is 10.2. The van der Waals surface area contributed by atoms with E-state index in [1.54, 1.807) is 24.3 Å². The largest absolute Gasteiger partial charge is 0.478 e. The van der Waals surface area contributed by atoms with Crippen molar-refractivity contribution >= 4 is 33.7 Å². The molecule has 2 N–H and O–H groups in total. The highest BCUT2D eigenvalue weighted by atomic mass is 32.2. The first kappa shape index (κ1) is 22.3. The molecule has 0 unspecified atom stereocenters. The van der Waals surface area contributed by atoms with E-state index in [1.807, 2.05) is 0 Å². The average Bonchev–Trinajstić information content (AvgIpc) is 2.67. The van der Waals surface area contributed by atoms with E-state index in [0.29, 0.717) is 17.7 Å². The second kappa shape index (κ2) is 9.94. The quantitative estimate of drug-likeness (QED) is 0.607. The molecule has 0 aliphatic heterocycles. The smallest absolute Gasteiger partial charge is 0.328 e. The minimum atomic E-state index is -3.74. The third-order valence-corrected chi connectivity index (χ3v) is 5.88. The lowest BCUT2D eigenvalue weighted by Crippen LogP contribution is -2.28. The summed E-state index contributed by atoms with van der Waals surface area (Å²) in [5, 5.41) is 11.3. The number of carboxylic acid groups (broad SMARTS) is 1. The maximum absolute atomic E-state index is 13.0. The van der Waals surface area contributed by atoms with Crippen LogP contribution in [0.15, 0.2) is 59.5 Å². The number of carboxylic acids is 1. The fourth-order valence-corrected chi connectivity index (χ4v) is 3.65. The number of carbonyl (C=O) groups excluding carboxylic acids is 1. The number of aliphatic carboxylic acids is 1. The molecule has 0 bridgehead atoms. The number of hydrogen-bond donors (Lipinski definition) is 2. The van der Waals surface area contributed by atoms with E-state index in [1.165, 1.54) is 25.3 Å². The number of rotatable bonds is 9. The van der Waals surface area contributed by atoms with Crippen LogP contribution in [0, 0.1) is 5.82 Å². The molecule has 0 heterocycles. The predicted octanol–water partition coefficient (Wildman–Crippen LogP) is 2.96. The number of halogens is 1. The number of hydrogen-bond acceptors (Lipinski definition) is 4. The van der Waals surface area contributed by atoms with Crippen LogP contribution in [0.1, 0.15) is 18.4 Å². The molecule has 1 amide bonds. The zero-order valence-electron chi connectivity index (χ0n) is 15.7. The van der Waals surface area contributed by atoms with Crippen LogP contribution < -0.4 is 5.32 Å². The molecule has 0 aliphatic rings. The standard InChI is InChI=1S/C20H21FN2O5S/c1-23(29(27,28)18-11-7-16(21)8-12-18)14-2-3-19(24)22-17-9-4-15(5-10-17)6-13-20(25)26/h4-13H,2-3,14H2,1H3,(H,22,24)(H,25,26)/b13-6+. The van der Waals surface area contributed by atoms with Gasteiger partial charge in [0.2, 0.25) is 15.9 Å². The summed E-state index contributed by atoms with van der Waals surface area (Å²) in [5.74, 6) is -1.84. The van der Waals surface area contributed by atoms with Gasteiger partial charge in [-0.2, -0.15) is 0 Å². The van der Waals surface area contributed by atoms with Crippen molar-refractivity contribution in [3.05, 3.63) is 66.0 Å². The molecule has 9 heteroatoms. The van der Waals surface area contributed by atoms with E-state index in [0.717, 1.165) is 22.5 Å².